The van der Waals surface area contributed by atoms with Crippen molar-refractivity contribution in [3.05, 3.63) is 23.5 Å². The van der Waals surface area contributed by atoms with Crippen LogP contribution in [-0.2, 0) is 17.8 Å². The molecule has 2 N–H and O–H groups in total. The number of hydrogen-bond acceptors (Lipinski definition) is 3. The van der Waals surface area contributed by atoms with Crippen LogP contribution in [0.2, 0.25) is 0 Å². The molecular formula is C10H14N2O. The van der Waals surface area contributed by atoms with Gasteiger partial charge in [-0.3, -0.25) is 4.98 Å². The van der Waals surface area contributed by atoms with Crippen LogP contribution in [-0.4, -0.2) is 10.6 Å². The molecule has 0 bridgehead atoms. The molecule has 0 spiro atoms. The third kappa shape index (κ3) is 1.65. The molecule has 2 rings (SSSR count). The van der Waals surface area contributed by atoms with E-state index in [0.717, 1.165) is 17.7 Å². The largest absolute Gasteiger partial charge is 0.397 e. The van der Waals surface area contributed by atoms with Gasteiger partial charge in [0.2, 0.25) is 0 Å². The summed E-state index contributed by atoms with van der Waals surface area (Å²) in [6, 6.07) is 1.94. The normalized spacial score (nSPS) is 19.5. The summed E-state index contributed by atoms with van der Waals surface area (Å²) in [5.41, 5.74) is 8.49. The maximum atomic E-state index is 5.65. The molecule has 1 aromatic heterocycles. The van der Waals surface area contributed by atoms with Gasteiger partial charge in [0.1, 0.15) is 0 Å². The number of anilines is 1. The van der Waals surface area contributed by atoms with Gasteiger partial charge in [0.15, 0.2) is 0 Å². The number of nitrogens with zero attached hydrogens (tertiary/aromatic N) is 1. The number of pyridine rings is 1. The van der Waals surface area contributed by atoms with Gasteiger partial charge in [-0.05, 0) is 19.9 Å². The Bertz CT molecular complexity index is 334. The van der Waals surface area contributed by atoms with Crippen LogP contribution in [0.15, 0.2) is 12.3 Å². The Labute approximate surface area is 77.9 Å². The van der Waals surface area contributed by atoms with Gasteiger partial charge in [-0.2, -0.15) is 0 Å². The fourth-order valence-electron chi connectivity index (χ4n) is 1.57. The van der Waals surface area contributed by atoms with Gasteiger partial charge in [0.05, 0.1) is 24.1 Å². The summed E-state index contributed by atoms with van der Waals surface area (Å²) in [7, 11) is 0. The van der Waals surface area contributed by atoms with E-state index in [9.17, 15) is 0 Å². The highest BCUT2D eigenvalue weighted by Crippen LogP contribution is 2.26. The van der Waals surface area contributed by atoms with Crippen molar-refractivity contribution in [1.29, 1.82) is 0 Å². The number of hydrogen-bond donors (Lipinski definition) is 1. The minimum absolute atomic E-state index is 0.0872. The van der Waals surface area contributed by atoms with Crippen molar-refractivity contribution in [2.24, 2.45) is 0 Å². The summed E-state index contributed by atoms with van der Waals surface area (Å²) < 4.78 is 5.65. The lowest BCUT2D eigenvalue weighted by molar-refractivity contribution is -0.0412. The molecule has 0 saturated carbocycles. The predicted molar refractivity (Wildman–Crippen MR) is 51.2 cm³/mol. The number of aromatic nitrogens is 1. The average molecular weight is 178 g/mol. The Morgan fingerprint density at radius 2 is 2.31 bits per heavy atom. The maximum absolute atomic E-state index is 5.65. The van der Waals surface area contributed by atoms with Crippen molar-refractivity contribution in [3.8, 4) is 0 Å². The van der Waals surface area contributed by atoms with Crippen molar-refractivity contribution in [2.45, 2.75) is 32.5 Å². The minimum atomic E-state index is -0.0872. The van der Waals surface area contributed by atoms with E-state index in [1.54, 1.807) is 6.20 Å². The van der Waals surface area contributed by atoms with E-state index < -0.39 is 0 Å². The van der Waals surface area contributed by atoms with Crippen LogP contribution in [0.3, 0.4) is 0 Å². The molecule has 2 heterocycles. The molecule has 0 aromatic carbocycles. The third-order valence-corrected chi connectivity index (χ3v) is 2.29. The molecule has 13 heavy (non-hydrogen) atoms. The Balaban J connectivity index is 2.37. The number of ether oxygens (including phenoxy) is 1. The molecule has 1 aliphatic heterocycles. The maximum Gasteiger partial charge on any atom is 0.0742 e. The lowest BCUT2D eigenvalue weighted by atomic mass is 9.96. The van der Waals surface area contributed by atoms with Crippen molar-refractivity contribution < 1.29 is 4.74 Å². The van der Waals surface area contributed by atoms with E-state index in [1.807, 2.05) is 6.07 Å². The highest BCUT2D eigenvalue weighted by molar-refractivity contribution is 5.40. The van der Waals surface area contributed by atoms with Crippen LogP contribution < -0.4 is 5.73 Å². The molecular weight excluding hydrogens is 164 g/mol. The van der Waals surface area contributed by atoms with Crippen LogP contribution in [0.1, 0.15) is 25.1 Å². The van der Waals surface area contributed by atoms with Gasteiger partial charge in [0.25, 0.3) is 0 Å². The minimum Gasteiger partial charge on any atom is -0.397 e. The second-order valence-electron chi connectivity index (χ2n) is 4.10. The van der Waals surface area contributed by atoms with Crippen molar-refractivity contribution >= 4 is 5.69 Å². The van der Waals surface area contributed by atoms with Gasteiger partial charge in [0, 0.05) is 17.7 Å². The van der Waals surface area contributed by atoms with Gasteiger partial charge in [-0.1, -0.05) is 0 Å². The number of fused-ring (bicyclic) bond motifs is 1. The van der Waals surface area contributed by atoms with E-state index in [1.165, 1.54) is 0 Å². The molecule has 70 valence electrons. The predicted octanol–water partition coefficient (Wildman–Crippen LogP) is 1.52. The number of nitrogens with two attached hydrogens (primary N) is 1. The van der Waals surface area contributed by atoms with Gasteiger partial charge in [-0.25, -0.2) is 0 Å². The van der Waals surface area contributed by atoms with Crippen LogP contribution in [0.4, 0.5) is 5.69 Å². The van der Waals surface area contributed by atoms with Crippen LogP contribution in [0, 0.1) is 0 Å². The van der Waals surface area contributed by atoms with E-state index in [-0.39, 0.29) is 5.60 Å². The van der Waals surface area contributed by atoms with Crippen molar-refractivity contribution in [2.75, 3.05) is 5.73 Å². The monoisotopic (exact) mass is 178 g/mol. The zero-order valence-corrected chi connectivity index (χ0v) is 8.00. The van der Waals surface area contributed by atoms with Gasteiger partial charge < -0.3 is 10.5 Å². The lowest BCUT2D eigenvalue weighted by Gasteiger charge is -2.30. The van der Waals surface area contributed by atoms with Crippen LogP contribution >= 0.6 is 0 Å². The van der Waals surface area contributed by atoms with E-state index in [0.29, 0.717) is 12.3 Å². The molecule has 0 atom stereocenters. The fourth-order valence-corrected chi connectivity index (χ4v) is 1.57. The molecule has 1 aromatic rings. The molecule has 3 heteroatoms. The van der Waals surface area contributed by atoms with Gasteiger partial charge >= 0.3 is 0 Å². The van der Waals surface area contributed by atoms with E-state index in [4.69, 9.17) is 10.5 Å². The Hall–Kier alpha value is -1.09. The zero-order valence-electron chi connectivity index (χ0n) is 8.00. The van der Waals surface area contributed by atoms with Crippen molar-refractivity contribution in [3.63, 3.8) is 0 Å². The smallest absolute Gasteiger partial charge is 0.0742 e. The highest BCUT2D eigenvalue weighted by atomic mass is 16.5. The van der Waals surface area contributed by atoms with Crippen molar-refractivity contribution in [1.82, 2.24) is 4.98 Å². The molecule has 0 fully saturated rings. The summed E-state index contributed by atoms with van der Waals surface area (Å²) in [6.45, 7) is 4.78. The standard InChI is InChI=1S/C10H14N2O/c1-10(2)4-9-7(6-13-10)3-8(11)5-12-9/h3,5H,4,6,11H2,1-2H3. The summed E-state index contributed by atoms with van der Waals surface area (Å²) in [6.07, 6.45) is 2.57. The van der Waals surface area contributed by atoms with Crippen LogP contribution in [0.5, 0.6) is 0 Å². The summed E-state index contributed by atoms with van der Waals surface area (Å²) in [4.78, 5) is 4.31. The first-order valence-corrected chi connectivity index (χ1v) is 4.44. The second-order valence-corrected chi connectivity index (χ2v) is 4.10. The average Bonchev–Trinajstić information content (AvgIpc) is 2.05. The van der Waals surface area contributed by atoms with Gasteiger partial charge in [-0.15, -0.1) is 0 Å². The zero-order chi connectivity index (χ0) is 9.47. The first kappa shape index (κ1) is 8.51. The highest BCUT2D eigenvalue weighted by Gasteiger charge is 2.26. The topological polar surface area (TPSA) is 48.1 Å². The number of nitrogen functional groups attached to an aromatic ring is 1. The Kier molecular flexibility index (Phi) is 1.77. The molecule has 0 amide bonds. The first-order valence-electron chi connectivity index (χ1n) is 4.44. The summed E-state index contributed by atoms with van der Waals surface area (Å²) in [5.74, 6) is 0. The summed E-state index contributed by atoms with van der Waals surface area (Å²) >= 11 is 0. The molecule has 3 nitrogen and oxygen atoms in total. The molecule has 0 aliphatic carbocycles. The van der Waals surface area contributed by atoms with E-state index >= 15 is 0 Å². The molecule has 0 saturated heterocycles. The molecule has 0 radical (unpaired) electrons. The second kappa shape index (κ2) is 2.70. The lowest BCUT2D eigenvalue weighted by Crippen LogP contribution is -2.32. The van der Waals surface area contributed by atoms with Crippen LogP contribution in [0.25, 0.3) is 0 Å². The number of rotatable bonds is 0. The first-order chi connectivity index (χ1) is 6.07. The third-order valence-electron chi connectivity index (χ3n) is 2.29. The quantitative estimate of drug-likeness (QED) is 0.655. The molecule has 0 unspecified atom stereocenters. The Morgan fingerprint density at radius 1 is 1.54 bits per heavy atom. The Morgan fingerprint density at radius 3 is 3.08 bits per heavy atom. The fraction of sp³-hybridized carbons (Fsp3) is 0.500. The SMILES string of the molecule is CC1(C)Cc2ncc(N)cc2CO1. The molecule has 1 aliphatic rings. The van der Waals surface area contributed by atoms with E-state index in [2.05, 4.69) is 18.8 Å². The summed E-state index contributed by atoms with van der Waals surface area (Å²) in [5, 5.41) is 0.